The molecule has 3 heteroatoms. The zero-order chi connectivity index (χ0) is 13.8. The molecule has 1 aromatic heterocycles. The average Bonchev–Trinajstić information content (AvgIpc) is 2.40. The van der Waals surface area contributed by atoms with Crippen LogP contribution in [0.2, 0.25) is 0 Å². The van der Waals surface area contributed by atoms with E-state index in [9.17, 15) is 5.11 Å². The molecule has 0 saturated heterocycles. The van der Waals surface area contributed by atoms with Crippen LogP contribution in [0, 0.1) is 6.92 Å². The number of hydrogen-bond acceptors (Lipinski definition) is 3. The van der Waals surface area contributed by atoms with E-state index in [1.54, 1.807) is 13.1 Å². The summed E-state index contributed by atoms with van der Waals surface area (Å²) < 4.78 is 0. The molecule has 0 amide bonds. The van der Waals surface area contributed by atoms with E-state index in [-0.39, 0.29) is 0 Å². The molecule has 0 fully saturated rings. The summed E-state index contributed by atoms with van der Waals surface area (Å²) in [4.78, 5) is 6.59. The summed E-state index contributed by atoms with van der Waals surface area (Å²) in [6.07, 6.45) is 1.26. The van der Waals surface area contributed by atoms with Crippen molar-refractivity contribution in [2.75, 3.05) is 11.4 Å². The first kappa shape index (κ1) is 13.6. The highest BCUT2D eigenvalue weighted by molar-refractivity contribution is 5.60. The van der Waals surface area contributed by atoms with E-state index in [1.165, 1.54) is 5.56 Å². The molecule has 1 N–H and O–H groups in total. The molecule has 0 bridgehead atoms. The molecule has 0 saturated carbocycles. The molecule has 2 rings (SSSR count). The maximum Gasteiger partial charge on any atom is 0.132 e. The lowest BCUT2D eigenvalue weighted by Gasteiger charge is -2.22. The summed E-state index contributed by atoms with van der Waals surface area (Å²) in [5.74, 6) is 0.900. The first-order chi connectivity index (χ1) is 9.11. The van der Waals surface area contributed by atoms with Gasteiger partial charge in [0.1, 0.15) is 5.82 Å². The van der Waals surface area contributed by atoms with Gasteiger partial charge in [0.25, 0.3) is 0 Å². The Morgan fingerprint density at radius 1 is 1.26 bits per heavy atom. The zero-order valence-corrected chi connectivity index (χ0v) is 11.7. The van der Waals surface area contributed by atoms with Crippen LogP contribution in [0.1, 0.15) is 31.1 Å². The van der Waals surface area contributed by atoms with Gasteiger partial charge in [-0.3, -0.25) is 0 Å². The summed E-state index contributed by atoms with van der Waals surface area (Å²) in [6, 6.07) is 12.2. The minimum Gasteiger partial charge on any atom is -0.389 e. The van der Waals surface area contributed by atoms with Crippen LogP contribution in [0.3, 0.4) is 0 Å². The van der Waals surface area contributed by atoms with Gasteiger partial charge in [-0.25, -0.2) is 4.98 Å². The lowest BCUT2D eigenvalue weighted by Crippen LogP contribution is -2.17. The van der Waals surface area contributed by atoms with Crippen molar-refractivity contribution in [1.82, 2.24) is 4.98 Å². The van der Waals surface area contributed by atoms with Crippen LogP contribution in [0.4, 0.5) is 11.5 Å². The van der Waals surface area contributed by atoms with Crippen molar-refractivity contribution in [1.29, 1.82) is 0 Å². The summed E-state index contributed by atoms with van der Waals surface area (Å²) in [7, 11) is 0. The van der Waals surface area contributed by atoms with Crippen LogP contribution in [0.15, 0.2) is 42.6 Å². The third kappa shape index (κ3) is 3.12. The molecule has 0 aliphatic heterocycles. The topological polar surface area (TPSA) is 36.4 Å². The van der Waals surface area contributed by atoms with Gasteiger partial charge >= 0.3 is 0 Å². The van der Waals surface area contributed by atoms with E-state index < -0.39 is 6.10 Å². The van der Waals surface area contributed by atoms with Crippen molar-refractivity contribution < 1.29 is 5.11 Å². The second kappa shape index (κ2) is 5.85. The first-order valence-electron chi connectivity index (χ1n) is 6.60. The minimum absolute atomic E-state index is 0.476. The molecule has 2 aromatic rings. The molecule has 0 spiro atoms. The number of benzene rings is 1. The lowest BCUT2D eigenvalue weighted by atomic mass is 10.2. The Labute approximate surface area is 114 Å². The predicted octanol–water partition coefficient (Wildman–Crippen LogP) is 3.60. The summed E-state index contributed by atoms with van der Waals surface area (Å²) in [5.41, 5.74) is 3.21. The van der Waals surface area contributed by atoms with E-state index in [0.717, 1.165) is 23.6 Å². The third-order valence-electron chi connectivity index (χ3n) is 3.16. The van der Waals surface area contributed by atoms with Crippen molar-refractivity contribution in [3.8, 4) is 0 Å². The maximum atomic E-state index is 9.51. The molecule has 100 valence electrons. The smallest absolute Gasteiger partial charge is 0.132 e. The molecule has 0 aliphatic rings. The van der Waals surface area contributed by atoms with E-state index in [0.29, 0.717) is 0 Å². The van der Waals surface area contributed by atoms with Gasteiger partial charge in [0, 0.05) is 18.4 Å². The van der Waals surface area contributed by atoms with E-state index >= 15 is 0 Å². The van der Waals surface area contributed by atoms with Gasteiger partial charge in [0.05, 0.1) is 6.10 Å². The van der Waals surface area contributed by atoms with Gasteiger partial charge in [-0.05, 0) is 50.1 Å². The molecule has 3 nitrogen and oxygen atoms in total. The largest absolute Gasteiger partial charge is 0.389 e. The van der Waals surface area contributed by atoms with Crippen LogP contribution in [0.25, 0.3) is 0 Å². The minimum atomic E-state index is -0.476. The van der Waals surface area contributed by atoms with Crippen LogP contribution >= 0.6 is 0 Å². The lowest BCUT2D eigenvalue weighted by molar-refractivity contribution is 0.199. The number of aliphatic hydroxyl groups is 1. The van der Waals surface area contributed by atoms with Gasteiger partial charge < -0.3 is 10.0 Å². The highest BCUT2D eigenvalue weighted by atomic mass is 16.3. The summed E-state index contributed by atoms with van der Waals surface area (Å²) in [6.45, 7) is 6.78. The molecule has 1 heterocycles. The van der Waals surface area contributed by atoms with Crippen molar-refractivity contribution in [2.45, 2.75) is 26.9 Å². The van der Waals surface area contributed by atoms with E-state index in [2.05, 4.69) is 48.0 Å². The number of aryl methyl sites for hydroxylation is 1. The SMILES string of the molecule is CCN(c1cccc(C)c1)c1ccc(C(C)O)cn1. The summed E-state index contributed by atoms with van der Waals surface area (Å²) in [5, 5.41) is 9.51. The Kier molecular flexibility index (Phi) is 4.17. The van der Waals surface area contributed by atoms with Crippen molar-refractivity contribution >= 4 is 11.5 Å². The number of aliphatic hydroxyl groups excluding tert-OH is 1. The monoisotopic (exact) mass is 256 g/mol. The van der Waals surface area contributed by atoms with Gasteiger partial charge in [0.2, 0.25) is 0 Å². The average molecular weight is 256 g/mol. The maximum absolute atomic E-state index is 9.51. The van der Waals surface area contributed by atoms with E-state index in [4.69, 9.17) is 0 Å². The van der Waals surface area contributed by atoms with Crippen LogP contribution in [-0.4, -0.2) is 16.6 Å². The van der Waals surface area contributed by atoms with Gasteiger partial charge in [-0.2, -0.15) is 0 Å². The number of rotatable bonds is 4. The van der Waals surface area contributed by atoms with Gasteiger partial charge in [-0.15, -0.1) is 0 Å². The standard InChI is InChI=1S/C16H20N2O/c1-4-18(15-7-5-6-12(2)10-15)16-9-8-14(11-17-16)13(3)19/h5-11,13,19H,4H2,1-3H3. The number of pyridine rings is 1. The molecule has 0 aliphatic carbocycles. The Hall–Kier alpha value is -1.87. The summed E-state index contributed by atoms with van der Waals surface area (Å²) >= 11 is 0. The highest BCUT2D eigenvalue weighted by Gasteiger charge is 2.09. The second-order valence-corrected chi connectivity index (χ2v) is 4.71. The zero-order valence-electron chi connectivity index (χ0n) is 11.7. The number of nitrogens with zero attached hydrogens (tertiary/aromatic N) is 2. The van der Waals surface area contributed by atoms with Crippen molar-refractivity contribution in [3.63, 3.8) is 0 Å². The number of aromatic nitrogens is 1. The van der Waals surface area contributed by atoms with Crippen LogP contribution in [0.5, 0.6) is 0 Å². The van der Waals surface area contributed by atoms with Crippen molar-refractivity contribution in [2.24, 2.45) is 0 Å². The Morgan fingerprint density at radius 2 is 2.05 bits per heavy atom. The van der Waals surface area contributed by atoms with Crippen LogP contribution in [-0.2, 0) is 0 Å². The number of hydrogen-bond donors (Lipinski definition) is 1. The van der Waals surface area contributed by atoms with Crippen LogP contribution < -0.4 is 4.90 Å². The second-order valence-electron chi connectivity index (χ2n) is 4.71. The quantitative estimate of drug-likeness (QED) is 0.908. The third-order valence-corrected chi connectivity index (χ3v) is 3.16. The number of anilines is 2. The predicted molar refractivity (Wildman–Crippen MR) is 78.7 cm³/mol. The fraction of sp³-hybridized carbons (Fsp3) is 0.312. The fourth-order valence-corrected chi connectivity index (χ4v) is 2.08. The Bertz CT molecular complexity index is 535. The van der Waals surface area contributed by atoms with Gasteiger partial charge in [0.15, 0.2) is 0 Å². The Balaban J connectivity index is 2.31. The Morgan fingerprint density at radius 3 is 2.58 bits per heavy atom. The molecular weight excluding hydrogens is 236 g/mol. The molecule has 19 heavy (non-hydrogen) atoms. The van der Waals surface area contributed by atoms with Crippen molar-refractivity contribution in [3.05, 3.63) is 53.7 Å². The first-order valence-corrected chi connectivity index (χ1v) is 6.60. The molecule has 1 unspecified atom stereocenters. The highest BCUT2D eigenvalue weighted by Crippen LogP contribution is 2.24. The van der Waals surface area contributed by atoms with E-state index in [1.807, 2.05) is 12.1 Å². The van der Waals surface area contributed by atoms with Gasteiger partial charge in [-0.1, -0.05) is 18.2 Å². The molecule has 1 atom stereocenters. The molecule has 0 radical (unpaired) electrons. The molecular formula is C16H20N2O. The normalized spacial score (nSPS) is 12.2. The molecule has 1 aromatic carbocycles. The fourth-order valence-electron chi connectivity index (χ4n) is 2.08.